The summed E-state index contributed by atoms with van der Waals surface area (Å²) in [5, 5.41) is 53.3. The SMILES string of the molecule is CC(=O)N[C@@H]1[C@@H](O)[C@H](O)[C@@H](CO)O[C@H]1[C@H]1[C@H](O)[C@H]2N=C(C)O[C@H]2O[C@@H]1CO. The van der Waals surface area contributed by atoms with Crippen LogP contribution in [0.25, 0.3) is 0 Å². The van der Waals surface area contributed by atoms with E-state index in [0.29, 0.717) is 5.90 Å². The van der Waals surface area contributed by atoms with Gasteiger partial charge in [0.15, 0.2) is 5.90 Å². The molecule has 0 unspecified atom stereocenters. The zero-order valence-corrected chi connectivity index (χ0v) is 15.0. The minimum Gasteiger partial charge on any atom is -0.450 e. The molecule has 3 aliphatic heterocycles. The van der Waals surface area contributed by atoms with Crippen molar-refractivity contribution in [3.05, 3.63) is 0 Å². The second kappa shape index (κ2) is 7.95. The van der Waals surface area contributed by atoms with Crippen LogP contribution in [0.15, 0.2) is 4.99 Å². The molecule has 2 saturated heterocycles. The van der Waals surface area contributed by atoms with Crippen LogP contribution in [0, 0.1) is 5.92 Å². The lowest BCUT2D eigenvalue weighted by Gasteiger charge is -2.50. The highest BCUT2D eigenvalue weighted by atomic mass is 16.7. The van der Waals surface area contributed by atoms with Crippen molar-refractivity contribution in [2.45, 2.75) is 68.8 Å². The van der Waals surface area contributed by atoms with Crippen molar-refractivity contribution in [1.82, 2.24) is 5.32 Å². The molecule has 0 aromatic carbocycles. The van der Waals surface area contributed by atoms with Gasteiger partial charge in [0.1, 0.15) is 24.4 Å². The maximum absolute atomic E-state index is 11.6. The summed E-state index contributed by atoms with van der Waals surface area (Å²) >= 11 is 0. The third-order valence-electron chi connectivity index (χ3n) is 5.27. The number of aliphatic imine (C=N–C) groups is 1. The van der Waals surface area contributed by atoms with Gasteiger partial charge in [-0.1, -0.05) is 0 Å². The van der Waals surface area contributed by atoms with Gasteiger partial charge in [0.05, 0.1) is 37.6 Å². The molecule has 154 valence electrons. The molecule has 3 heterocycles. The average Bonchev–Trinajstić information content (AvgIpc) is 3.00. The summed E-state index contributed by atoms with van der Waals surface area (Å²) in [5.41, 5.74) is 0. The molecule has 1 amide bonds. The summed E-state index contributed by atoms with van der Waals surface area (Å²) in [7, 11) is 0. The van der Waals surface area contributed by atoms with E-state index in [2.05, 4.69) is 10.3 Å². The van der Waals surface area contributed by atoms with Crippen LogP contribution < -0.4 is 5.32 Å². The number of aliphatic hydroxyl groups is 5. The molecule has 3 aliphatic rings. The van der Waals surface area contributed by atoms with Crippen LogP contribution in [-0.2, 0) is 19.0 Å². The number of fused-ring (bicyclic) bond motifs is 1. The third kappa shape index (κ3) is 3.68. The Morgan fingerprint density at radius 2 is 1.74 bits per heavy atom. The number of amides is 1. The summed E-state index contributed by atoms with van der Waals surface area (Å²) in [6.07, 6.45) is -8.08. The monoisotopic (exact) mass is 390 g/mol. The maximum Gasteiger partial charge on any atom is 0.226 e. The van der Waals surface area contributed by atoms with Crippen LogP contribution in [0.4, 0.5) is 0 Å². The van der Waals surface area contributed by atoms with Crippen LogP contribution in [0.1, 0.15) is 13.8 Å². The zero-order valence-electron chi connectivity index (χ0n) is 15.0. The fourth-order valence-corrected chi connectivity index (χ4v) is 4.04. The molecule has 0 bridgehead atoms. The van der Waals surface area contributed by atoms with E-state index in [-0.39, 0.29) is 0 Å². The summed E-state index contributed by atoms with van der Waals surface area (Å²) in [6, 6.07) is -1.86. The van der Waals surface area contributed by atoms with Crippen molar-refractivity contribution in [2.75, 3.05) is 13.2 Å². The lowest BCUT2D eigenvalue weighted by atomic mass is 9.77. The number of aliphatic hydroxyl groups excluding tert-OH is 5. The number of carbonyl (C=O) groups excluding carboxylic acids is 1. The van der Waals surface area contributed by atoms with Gasteiger partial charge in [-0.15, -0.1) is 0 Å². The minimum atomic E-state index is -1.46. The molecule has 0 saturated carbocycles. The second-order valence-electron chi connectivity index (χ2n) is 7.08. The van der Waals surface area contributed by atoms with Crippen LogP contribution in [-0.4, -0.2) is 106 Å². The normalized spacial score (nSPS) is 47.0. The van der Waals surface area contributed by atoms with Crippen molar-refractivity contribution in [1.29, 1.82) is 0 Å². The summed E-state index contributed by atoms with van der Waals surface area (Å²) in [5.74, 6) is -1.07. The minimum absolute atomic E-state index is 0.327. The van der Waals surface area contributed by atoms with Crippen LogP contribution >= 0.6 is 0 Å². The van der Waals surface area contributed by atoms with E-state index in [9.17, 15) is 30.3 Å². The molecular weight excluding hydrogens is 364 g/mol. The summed E-state index contributed by atoms with van der Waals surface area (Å²) in [4.78, 5) is 15.8. The lowest BCUT2D eigenvalue weighted by Crippen LogP contribution is -2.70. The van der Waals surface area contributed by atoms with E-state index in [1.165, 1.54) is 6.92 Å². The van der Waals surface area contributed by atoms with E-state index in [4.69, 9.17) is 14.2 Å². The number of carbonyl (C=O) groups is 1. The van der Waals surface area contributed by atoms with Gasteiger partial charge < -0.3 is 45.1 Å². The van der Waals surface area contributed by atoms with Gasteiger partial charge in [0.25, 0.3) is 0 Å². The zero-order chi connectivity index (χ0) is 19.9. The Bertz CT molecular complexity index is 588. The Hall–Kier alpha value is -1.34. The first-order valence-corrected chi connectivity index (χ1v) is 8.83. The molecule has 3 rings (SSSR count). The first-order valence-electron chi connectivity index (χ1n) is 8.83. The average molecular weight is 390 g/mol. The van der Waals surface area contributed by atoms with Crippen molar-refractivity contribution < 1.29 is 44.5 Å². The predicted octanol–water partition coefficient (Wildman–Crippen LogP) is -3.52. The Morgan fingerprint density at radius 1 is 1.07 bits per heavy atom. The molecule has 0 aliphatic carbocycles. The number of rotatable bonds is 4. The van der Waals surface area contributed by atoms with E-state index >= 15 is 0 Å². The Morgan fingerprint density at radius 3 is 2.33 bits per heavy atom. The molecule has 0 aromatic rings. The number of ether oxygens (including phenoxy) is 3. The van der Waals surface area contributed by atoms with Crippen LogP contribution in [0.3, 0.4) is 0 Å². The number of hydrogen-bond donors (Lipinski definition) is 6. The molecule has 27 heavy (non-hydrogen) atoms. The van der Waals surface area contributed by atoms with Crippen LogP contribution in [0.5, 0.6) is 0 Å². The highest BCUT2D eigenvalue weighted by molar-refractivity contribution is 5.75. The van der Waals surface area contributed by atoms with E-state index in [1.54, 1.807) is 6.92 Å². The fraction of sp³-hybridized carbons (Fsp3) is 0.875. The predicted molar refractivity (Wildman–Crippen MR) is 88.6 cm³/mol. The highest BCUT2D eigenvalue weighted by Crippen LogP contribution is 2.38. The first kappa shape index (κ1) is 20.4. The lowest BCUT2D eigenvalue weighted by molar-refractivity contribution is -0.270. The Kier molecular flexibility index (Phi) is 6.01. The quantitative estimate of drug-likeness (QED) is 0.285. The van der Waals surface area contributed by atoms with Gasteiger partial charge in [-0.25, -0.2) is 4.99 Å². The van der Waals surface area contributed by atoms with Gasteiger partial charge in [0.2, 0.25) is 12.2 Å². The maximum atomic E-state index is 11.6. The smallest absolute Gasteiger partial charge is 0.226 e. The van der Waals surface area contributed by atoms with Crippen LogP contribution in [0.2, 0.25) is 0 Å². The van der Waals surface area contributed by atoms with Crippen molar-refractivity contribution >= 4 is 11.8 Å². The number of nitrogens with one attached hydrogen (secondary N) is 1. The summed E-state index contributed by atoms with van der Waals surface area (Å²) in [6.45, 7) is 1.78. The fourth-order valence-electron chi connectivity index (χ4n) is 4.04. The van der Waals surface area contributed by atoms with Crippen molar-refractivity contribution in [3.8, 4) is 0 Å². The standard InChI is InChI=1S/C16H26N2O9/c1-5(21)17-10-14(24)12(22)8(4-20)26-15(10)9-7(3-19)27-16-11(13(9)23)18-6(2)25-16/h7-16,19-20,22-24H,3-4H2,1-2H3,(H,17,21)/t7-,8-,9-,10-,11-,12-,13+,14-,15+,16+/m1/s1. The van der Waals surface area contributed by atoms with Crippen molar-refractivity contribution in [3.63, 3.8) is 0 Å². The molecule has 0 radical (unpaired) electrons. The molecule has 11 heteroatoms. The Balaban J connectivity index is 1.93. The van der Waals surface area contributed by atoms with Gasteiger partial charge in [-0.3, -0.25) is 4.79 Å². The molecule has 2 fully saturated rings. The highest BCUT2D eigenvalue weighted by Gasteiger charge is 2.57. The van der Waals surface area contributed by atoms with Gasteiger partial charge in [-0.2, -0.15) is 0 Å². The van der Waals surface area contributed by atoms with Gasteiger partial charge in [0, 0.05) is 19.8 Å². The summed E-state index contributed by atoms with van der Waals surface area (Å²) < 4.78 is 16.8. The largest absolute Gasteiger partial charge is 0.450 e. The topological polar surface area (TPSA) is 170 Å². The number of hydrogen-bond acceptors (Lipinski definition) is 10. The second-order valence-corrected chi connectivity index (χ2v) is 7.08. The number of nitrogens with zero attached hydrogens (tertiary/aromatic N) is 1. The first-order chi connectivity index (χ1) is 12.8. The van der Waals surface area contributed by atoms with E-state index in [1.807, 2.05) is 0 Å². The third-order valence-corrected chi connectivity index (χ3v) is 5.27. The Labute approximate surface area is 155 Å². The van der Waals surface area contributed by atoms with E-state index < -0.39 is 80.0 Å². The van der Waals surface area contributed by atoms with E-state index in [0.717, 1.165) is 0 Å². The molecule has 6 N–H and O–H groups in total. The molecule has 11 nitrogen and oxygen atoms in total. The molecule has 10 atom stereocenters. The van der Waals surface area contributed by atoms with Gasteiger partial charge >= 0.3 is 0 Å². The molecular formula is C16H26N2O9. The molecule has 0 aromatic heterocycles. The van der Waals surface area contributed by atoms with Gasteiger partial charge in [-0.05, 0) is 0 Å². The van der Waals surface area contributed by atoms with Crippen molar-refractivity contribution in [2.24, 2.45) is 10.9 Å². The molecule has 0 spiro atoms.